The maximum absolute atomic E-state index is 12.2. The van der Waals surface area contributed by atoms with Crippen molar-refractivity contribution in [3.05, 3.63) is 12.2 Å². The van der Waals surface area contributed by atoms with E-state index >= 15 is 0 Å². The molecule has 0 saturated heterocycles. The Balaban J connectivity index is 4.36. The molecule has 0 unspecified atom stereocenters. The van der Waals surface area contributed by atoms with Crippen LogP contribution in [0.1, 0.15) is 48.0 Å². The third-order valence-corrected chi connectivity index (χ3v) is 4.38. The summed E-state index contributed by atoms with van der Waals surface area (Å²) in [7, 11) is -3.46. The number of hydrogen-bond donors (Lipinski definition) is 0. The molecule has 1 atom stereocenters. The second kappa shape index (κ2) is 10.6. The van der Waals surface area contributed by atoms with E-state index in [0.29, 0.717) is 6.42 Å². The summed E-state index contributed by atoms with van der Waals surface area (Å²) in [6.45, 7) is 10.7. The van der Waals surface area contributed by atoms with Gasteiger partial charge in [-0.15, -0.1) is 0 Å². The zero-order valence-electron chi connectivity index (χ0n) is 15.4. The molecular formula is C16H29O7P. The largest absolute Gasteiger partial charge is 0.462 e. The van der Waals surface area contributed by atoms with Gasteiger partial charge in [-0.05, 0) is 41.5 Å². The Labute approximate surface area is 144 Å². The number of ether oxygens (including phenoxy) is 2. The second-order valence-electron chi connectivity index (χ2n) is 6.08. The van der Waals surface area contributed by atoms with Gasteiger partial charge in [0.2, 0.25) is 0 Å². The van der Waals surface area contributed by atoms with Crippen LogP contribution in [-0.4, -0.2) is 43.0 Å². The number of rotatable bonds is 10. The van der Waals surface area contributed by atoms with Crippen molar-refractivity contribution in [2.75, 3.05) is 19.4 Å². The number of esters is 2. The van der Waals surface area contributed by atoms with Crippen LogP contribution < -0.4 is 0 Å². The number of hydrogen-bond acceptors (Lipinski definition) is 7. The number of carbonyl (C=O) groups is 2. The molecule has 0 spiro atoms. The van der Waals surface area contributed by atoms with Crippen LogP contribution in [0.2, 0.25) is 0 Å². The minimum absolute atomic E-state index is 0.179. The van der Waals surface area contributed by atoms with Crippen LogP contribution in [-0.2, 0) is 32.7 Å². The molecule has 0 heterocycles. The van der Waals surface area contributed by atoms with E-state index in [1.807, 2.05) is 0 Å². The summed E-state index contributed by atoms with van der Waals surface area (Å²) in [4.78, 5) is 23.3. The molecule has 0 aromatic heterocycles. The average molecular weight is 364 g/mol. The summed E-state index contributed by atoms with van der Waals surface area (Å²) in [5.74, 6) is -1.13. The van der Waals surface area contributed by atoms with Gasteiger partial charge >= 0.3 is 19.5 Å². The minimum Gasteiger partial charge on any atom is -0.462 e. The molecule has 0 aliphatic rings. The molecule has 140 valence electrons. The van der Waals surface area contributed by atoms with E-state index < -0.39 is 37.4 Å². The molecule has 0 amide bonds. The summed E-state index contributed by atoms with van der Waals surface area (Å²) in [6.07, 6.45) is 2.28. The predicted octanol–water partition coefficient (Wildman–Crippen LogP) is 3.47. The van der Waals surface area contributed by atoms with Gasteiger partial charge in [0, 0.05) is 12.5 Å². The Morgan fingerprint density at radius 2 is 1.67 bits per heavy atom. The fourth-order valence-electron chi connectivity index (χ4n) is 1.68. The van der Waals surface area contributed by atoms with Crippen LogP contribution in [0.4, 0.5) is 0 Å². The zero-order chi connectivity index (χ0) is 18.8. The summed E-state index contributed by atoms with van der Waals surface area (Å²) in [6, 6.07) is 0. The molecule has 0 radical (unpaired) electrons. The van der Waals surface area contributed by atoms with Crippen molar-refractivity contribution in [3.63, 3.8) is 0 Å². The highest BCUT2D eigenvalue weighted by Crippen LogP contribution is 2.47. The first-order chi connectivity index (χ1) is 11.0. The molecule has 0 aliphatic carbocycles. The van der Waals surface area contributed by atoms with Crippen LogP contribution in [0.5, 0.6) is 0 Å². The fourth-order valence-corrected chi connectivity index (χ4v) is 3.12. The van der Waals surface area contributed by atoms with Gasteiger partial charge in [-0.2, -0.15) is 0 Å². The lowest BCUT2D eigenvalue weighted by molar-refractivity contribution is -0.148. The van der Waals surface area contributed by atoms with Crippen molar-refractivity contribution in [1.29, 1.82) is 0 Å². The summed E-state index contributed by atoms with van der Waals surface area (Å²) in [5, 5.41) is 0. The second-order valence-corrected chi connectivity index (χ2v) is 8.13. The molecule has 0 aliphatic heterocycles. The van der Waals surface area contributed by atoms with E-state index in [1.54, 1.807) is 47.6 Å². The van der Waals surface area contributed by atoms with Gasteiger partial charge in [-0.1, -0.05) is 6.08 Å². The zero-order valence-corrected chi connectivity index (χ0v) is 16.3. The smallest absolute Gasteiger partial charge is 0.341 e. The number of carbonyl (C=O) groups excluding carboxylic acids is 2. The first kappa shape index (κ1) is 22.8. The lowest BCUT2D eigenvalue weighted by Gasteiger charge is -2.18. The lowest BCUT2D eigenvalue weighted by Crippen LogP contribution is -2.22. The quantitative estimate of drug-likeness (QED) is 0.333. The molecule has 0 saturated carbocycles. The topological polar surface area (TPSA) is 88.1 Å². The molecule has 0 aromatic rings. The van der Waals surface area contributed by atoms with Gasteiger partial charge in [-0.25, -0.2) is 4.79 Å². The third kappa shape index (κ3) is 11.4. The molecule has 0 N–H and O–H groups in total. The van der Waals surface area contributed by atoms with Crippen LogP contribution in [0.25, 0.3) is 0 Å². The third-order valence-electron chi connectivity index (χ3n) is 2.44. The van der Waals surface area contributed by atoms with Crippen molar-refractivity contribution in [2.45, 2.75) is 59.7 Å². The van der Waals surface area contributed by atoms with Crippen LogP contribution in [0.15, 0.2) is 12.2 Å². The van der Waals surface area contributed by atoms with E-state index in [9.17, 15) is 14.2 Å². The standard InChI is InChI=1S/C16H29O7P/c1-7-20-24(19,21-8-2)12-15(18)22-13(3)10-9-11-14(17)23-16(4,5)6/h9,11,13H,7-8,10,12H2,1-6H3/t13-/m0/s1. The normalized spacial score (nSPS) is 13.8. The van der Waals surface area contributed by atoms with Crippen molar-refractivity contribution >= 4 is 19.5 Å². The minimum atomic E-state index is -3.46. The van der Waals surface area contributed by atoms with Crippen LogP contribution >= 0.6 is 7.60 Å². The maximum atomic E-state index is 12.2. The first-order valence-electron chi connectivity index (χ1n) is 7.98. The molecule has 24 heavy (non-hydrogen) atoms. The fraction of sp³-hybridized carbons (Fsp3) is 0.750. The summed E-state index contributed by atoms with van der Waals surface area (Å²) >= 11 is 0. The van der Waals surface area contributed by atoms with Crippen molar-refractivity contribution < 1.29 is 32.7 Å². The molecule has 0 rings (SSSR count). The van der Waals surface area contributed by atoms with Crippen LogP contribution in [0, 0.1) is 0 Å². The molecular weight excluding hydrogens is 335 g/mol. The SMILES string of the molecule is CCOP(=O)(CC(=O)O[C@@H](C)CC=CC(=O)OC(C)(C)C)OCC. The van der Waals surface area contributed by atoms with E-state index in [0.717, 1.165) is 0 Å². The molecule has 8 heteroatoms. The van der Waals surface area contributed by atoms with Gasteiger partial charge in [0.15, 0.2) is 0 Å². The Hall–Kier alpha value is -1.17. The highest BCUT2D eigenvalue weighted by molar-refractivity contribution is 7.54. The Kier molecular flexibility index (Phi) is 10.1. The Morgan fingerprint density at radius 1 is 1.12 bits per heavy atom. The molecule has 0 bridgehead atoms. The first-order valence-corrected chi connectivity index (χ1v) is 9.71. The van der Waals surface area contributed by atoms with E-state index in [-0.39, 0.29) is 13.2 Å². The molecule has 0 aromatic carbocycles. The van der Waals surface area contributed by atoms with E-state index in [2.05, 4.69) is 0 Å². The van der Waals surface area contributed by atoms with Crippen molar-refractivity contribution in [1.82, 2.24) is 0 Å². The molecule has 0 fully saturated rings. The van der Waals surface area contributed by atoms with Gasteiger partial charge in [-0.3, -0.25) is 9.36 Å². The average Bonchev–Trinajstić information content (AvgIpc) is 2.35. The van der Waals surface area contributed by atoms with Crippen LogP contribution in [0.3, 0.4) is 0 Å². The van der Waals surface area contributed by atoms with Gasteiger partial charge in [0.05, 0.1) is 13.2 Å². The van der Waals surface area contributed by atoms with Gasteiger partial charge < -0.3 is 18.5 Å². The molecule has 7 nitrogen and oxygen atoms in total. The summed E-state index contributed by atoms with van der Waals surface area (Å²) < 4.78 is 32.6. The maximum Gasteiger partial charge on any atom is 0.341 e. The predicted molar refractivity (Wildman–Crippen MR) is 90.9 cm³/mol. The Morgan fingerprint density at radius 3 is 2.12 bits per heavy atom. The van der Waals surface area contributed by atoms with E-state index in [1.165, 1.54) is 6.08 Å². The van der Waals surface area contributed by atoms with Gasteiger partial charge in [0.25, 0.3) is 0 Å². The van der Waals surface area contributed by atoms with Gasteiger partial charge in [0.1, 0.15) is 17.9 Å². The van der Waals surface area contributed by atoms with Crippen molar-refractivity contribution in [2.24, 2.45) is 0 Å². The highest BCUT2D eigenvalue weighted by Gasteiger charge is 2.29. The highest BCUT2D eigenvalue weighted by atomic mass is 31.2. The Bertz CT molecular complexity index is 469. The monoisotopic (exact) mass is 364 g/mol. The van der Waals surface area contributed by atoms with E-state index in [4.69, 9.17) is 18.5 Å². The lowest BCUT2D eigenvalue weighted by atomic mass is 10.2. The summed E-state index contributed by atoms with van der Waals surface area (Å²) in [5.41, 5.74) is -0.556. The van der Waals surface area contributed by atoms with Crippen molar-refractivity contribution in [3.8, 4) is 0 Å².